The van der Waals surface area contributed by atoms with Crippen molar-refractivity contribution in [2.24, 2.45) is 5.73 Å². The van der Waals surface area contributed by atoms with Crippen LogP contribution in [0.1, 0.15) is 5.56 Å². The van der Waals surface area contributed by atoms with E-state index in [-0.39, 0.29) is 5.84 Å². The zero-order valence-electron chi connectivity index (χ0n) is 11.0. The molecule has 0 fully saturated rings. The van der Waals surface area contributed by atoms with Crippen molar-refractivity contribution < 1.29 is 0 Å². The lowest BCUT2D eigenvalue weighted by molar-refractivity contribution is 1.29. The van der Waals surface area contributed by atoms with Gasteiger partial charge in [0.05, 0.1) is 5.52 Å². The Balaban J connectivity index is 2.16. The van der Waals surface area contributed by atoms with Crippen LogP contribution in [-0.2, 0) is 0 Å². The summed E-state index contributed by atoms with van der Waals surface area (Å²) in [5, 5.41) is 9.45. The number of rotatable bonds is 3. The van der Waals surface area contributed by atoms with E-state index < -0.39 is 0 Å². The average Bonchev–Trinajstić information content (AvgIpc) is 2.49. The zero-order chi connectivity index (χ0) is 14.8. The molecule has 0 aliphatic rings. The number of nitrogen functional groups attached to an aromatic ring is 1. The van der Waals surface area contributed by atoms with Crippen molar-refractivity contribution in [1.82, 2.24) is 4.98 Å². The molecule has 1 heterocycles. The number of fused-ring (bicyclic) bond motifs is 1. The maximum atomic E-state index is 7.75. The van der Waals surface area contributed by atoms with Gasteiger partial charge in [-0.15, -0.1) is 0 Å². The summed E-state index contributed by atoms with van der Waals surface area (Å²) < 4.78 is 0. The molecule has 3 rings (SSSR count). The second-order valence-corrected chi connectivity index (χ2v) is 6.01. The molecule has 0 bridgehead atoms. The molecule has 0 atom stereocenters. The van der Waals surface area contributed by atoms with Crippen molar-refractivity contribution in [3.05, 3.63) is 65.3 Å². The Hall–Kier alpha value is -2.04. The minimum Gasteiger partial charge on any atom is -0.384 e. The Morgan fingerprint density at radius 3 is 2.52 bits per heavy atom. The van der Waals surface area contributed by atoms with E-state index in [9.17, 15) is 0 Å². The molecule has 0 spiro atoms. The molecule has 0 aliphatic carbocycles. The Labute approximate surface area is 131 Å². The Morgan fingerprint density at radius 1 is 1.10 bits per heavy atom. The molecule has 5 heteroatoms. The third-order valence-electron chi connectivity index (χ3n) is 3.05. The van der Waals surface area contributed by atoms with Gasteiger partial charge in [0.15, 0.2) is 0 Å². The molecule has 3 N–H and O–H groups in total. The summed E-state index contributed by atoms with van der Waals surface area (Å²) in [6, 6.07) is 15.4. The van der Waals surface area contributed by atoms with Crippen molar-refractivity contribution >= 4 is 40.1 Å². The summed E-state index contributed by atoms with van der Waals surface area (Å²) in [6.07, 6.45) is 1.66. The molecule has 0 unspecified atom stereocenters. The first kappa shape index (κ1) is 13.9. The molecule has 0 aliphatic heterocycles. The number of amidine groups is 1. The number of hydrogen-bond acceptors (Lipinski definition) is 3. The number of hydrogen-bond donors (Lipinski definition) is 2. The van der Waals surface area contributed by atoms with Gasteiger partial charge in [-0.25, -0.2) is 0 Å². The monoisotopic (exact) mass is 313 g/mol. The molecule has 21 heavy (non-hydrogen) atoms. The van der Waals surface area contributed by atoms with Gasteiger partial charge in [-0.3, -0.25) is 10.4 Å². The van der Waals surface area contributed by atoms with Gasteiger partial charge in [0.1, 0.15) is 5.84 Å². The molecule has 0 saturated carbocycles. The topological polar surface area (TPSA) is 62.8 Å². The summed E-state index contributed by atoms with van der Waals surface area (Å²) in [4.78, 5) is 6.34. The van der Waals surface area contributed by atoms with Crippen LogP contribution in [0.2, 0.25) is 5.02 Å². The summed E-state index contributed by atoms with van der Waals surface area (Å²) in [7, 11) is 0. The number of halogens is 1. The molecule has 3 nitrogen and oxygen atoms in total. The summed E-state index contributed by atoms with van der Waals surface area (Å²) >= 11 is 7.48. The number of nitrogens with zero attached hydrogens (tertiary/aromatic N) is 1. The maximum Gasteiger partial charge on any atom is 0.125 e. The van der Waals surface area contributed by atoms with Gasteiger partial charge in [-0.1, -0.05) is 41.6 Å². The molecule has 1 aromatic heterocycles. The third-order valence-corrected chi connectivity index (χ3v) is 4.45. The third kappa shape index (κ3) is 2.86. The van der Waals surface area contributed by atoms with E-state index in [0.717, 1.165) is 20.7 Å². The molecule has 0 amide bonds. The number of aromatic nitrogens is 1. The highest BCUT2D eigenvalue weighted by molar-refractivity contribution is 7.99. The smallest absolute Gasteiger partial charge is 0.125 e. The fraction of sp³-hybridized carbons (Fsp3) is 0. The van der Waals surface area contributed by atoms with E-state index in [4.69, 9.17) is 22.7 Å². The average molecular weight is 314 g/mol. The van der Waals surface area contributed by atoms with Gasteiger partial charge in [-0.2, -0.15) is 0 Å². The van der Waals surface area contributed by atoms with Crippen molar-refractivity contribution in [2.45, 2.75) is 9.79 Å². The molecule has 3 aromatic rings. The second-order valence-electron chi connectivity index (χ2n) is 4.49. The van der Waals surface area contributed by atoms with Crippen LogP contribution in [-0.4, -0.2) is 10.8 Å². The predicted molar refractivity (Wildman–Crippen MR) is 88.3 cm³/mol. The number of benzene rings is 2. The highest BCUT2D eigenvalue weighted by Gasteiger charge is 2.12. The Bertz CT molecular complexity index is 815. The largest absolute Gasteiger partial charge is 0.384 e. The standard InChI is InChI=1S/C16H12ClN3S/c17-10-5-7-11(8-6-10)21-15-12-3-1-2-4-14(12)20-9-13(15)16(18)19/h1-9H,(H3,18,19). The van der Waals surface area contributed by atoms with Gasteiger partial charge in [-0.05, 0) is 30.3 Å². The summed E-state index contributed by atoms with van der Waals surface area (Å²) in [6.45, 7) is 0. The lowest BCUT2D eigenvalue weighted by atomic mass is 10.1. The molecule has 104 valence electrons. The fourth-order valence-corrected chi connectivity index (χ4v) is 3.23. The van der Waals surface area contributed by atoms with Gasteiger partial charge in [0.25, 0.3) is 0 Å². The molecule has 2 aromatic carbocycles. The minimum absolute atomic E-state index is 0.0183. The van der Waals surface area contributed by atoms with Crippen LogP contribution in [0.15, 0.2) is 64.5 Å². The van der Waals surface area contributed by atoms with Crippen LogP contribution in [0.3, 0.4) is 0 Å². The van der Waals surface area contributed by atoms with Gasteiger partial charge >= 0.3 is 0 Å². The Kier molecular flexibility index (Phi) is 3.82. The number of pyridine rings is 1. The van der Waals surface area contributed by atoms with Crippen LogP contribution in [0.4, 0.5) is 0 Å². The van der Waals surface area contributed by atoms with Crippen LogP contribution < -0.4 is 5.73 Å². The van der Waals surface area contributed by atoms with Gasteiger partial charge < -0.3 is 5.73 Å². The van der Waals surface area contributed by atoms with Crippen LogP contribution >= 0.6 is 23.4 Å². The van der Waals surface area contributed by atoms with E-state index in [1.807, 2.05) is 48.5 Å². The van der Waals surface area contributed by atoms with Crippen molar-refractivity contribution in [3.8, 4) is 0 Å². The van der Waals surface area contributed by atoms with E-state index in [0.29, 0.717) is 10.6 Å². The minimum atomic E-state index is 0.0183. The van der Waals surface area contributed by atoms with E-state index in [1.54, 1.807) is 18.0 Å². The summed E-state index contributed by atoms with van der Waals surface area (Å²) in [5.41, 5.74) is 7.23. The normalized spacial score (nSPS) is 10.7. The van der Waals surface area contributed by atoms with E-state index in [2.05, 4.69) is 4.98 Å². The zero-order valence-corrected chi connectivity index (χ0v) is 12.6. The quantitative estimate of drug-likeness (QED) is 0.559. The number of nitrogens with two attached hydrogens (primary N) is 1. The van der Waals surface area contributed by atoms with E-state index in [1.165, 1.54) is 0 Å². The van der Waals surface area contributed by atoms with Crippen LogP contribution in [0, 0.1) is 5.41 Å². The Morgan fingerprint density at radius 2 is 1.81 bits per heavy atom. The van der Waals surface area contributed by atoms with Crippen molar-refractivity contribution in [1.29, 1.82) is 5.41 Å². The first-order chi connectivity index (χ1) is 10.1. The van der Waals surface area contributed by atoms with Crippen molar-refractivity contribution in [2.75, 3.05) is 0 Å². The number of nitrogens with one attached hydrogen (secondary N) is 1. The molecular weight excluding hydrogens is 302 g/mol. The highest BCUT2D eigenvalue weighted by Crippen LogP contribution is 2.35. The van der Waals surface area contributed by atoms with Crippen molar-refractivity contribution in [3.63, 3.8) is 0 Å². The van der Waals surface area contributed by atoms with Crippen LogP contribution in [0.5, 0.6) is 0 Å². The number of para-hydroxylation sites is 1. The van der Waals surface area contributed by atoms with Crippen LogP contribution in [0.25, 0.3) is 10.9 Å². The SMILES string of the molecule is N=C(N)c1cnc2ccccc2c1Sc1ccc(Cl)cc1. The lowest BCUT2D eigenvalue weighted by Gasteiger charge is -2.11. The molecule has 0 saturated heterocycles. The summed E-state index contributed by atoms with van der Waals surface area (Å²) in [5.74, 6) is 0.0183. The highest BCUT2D eigenvalue weighted by atomic mass is 35.5. The van der Waals surface area contributed by atoms with Gasteiger partial charge in [0, 0.05) is 32.0 Å². The first-order valence-electron chi connectivity index (χ1n) is 6.31. The second kappa shape index (κ2) is 5.76. The molecule has 0 radical (unpaired) electrons. The first-order valence-corrected chi connectivity index (χ1v) is 7.50. The van der Waals surface area contributed by atoms with E-state index >= 15 is 0 Å². The fourth-order valence-electron chi connectivity index (χ4n) is 2.04. The van der Waals surface area contributed by atoms with Gasteiger partial charge in [0.2, 0.25) is 0 Å². The molecular formula is C16H12ClN3S. The maximum absolute atomic E-state index is 7.75. The predicted octanol–water partition coefficient (Wildman–Crippen LogP) is 4.32. The lowest BCUT2D eigenvalue weighted by Crippen LogP contribution is -2.13.